The largest absolute Gasteiger partial charge is 0.394 e. The third-order valence-electron chi connectivity index (χ3n) is 6.11. The number of nitrogens with one attached hydrogen (secondary N) is 1. The van der Waals surface area contributed by atoms with Gasteiger partial charge in [0.15, 0.2) is 0 Å². The summed E-state index contributed by atoms with van der Waals surface area (Å²) >= 11 is 0. The van der Waals surface area contributed by atoms with Gasteiger partial charge in [0.2, 0.25) is 0 Å². The molecule has 4 rings (SSSR count). The van der Waals surface area contributed by atoms with E-state index in [0.29, 0.717) is 11.8 Å². The van der Waals surface area contributed by atoms with Gasteiger partial charge in [0, 0.05) is 5.56 Å². The van der Waals surface area contributed by atoms with Crippen LogP contribution < -0.4 is 11.3 Å². The fraction of sp³-hybridized carbons (Fsp3) is 0.320. The van der Waals surface area contributed by atoms with Crippen LogP contribution in [0.2, 0.25) is 0 Å². The highest BCUT2D eigenvalue weighted by Crippen LogP contribution is 2.43. The second-order valence-electron chi connectivity index (χ2n) is 8.29. The van der Waals surface area contributed by atoms with Crippen LogP contribution >= 0.6 is 0 Å². The second-order valence-corrected chi connectivity index (χ2v) is 8.29. The van der Waals surface area contributed by atoms with Crippen LogP contribution in [0.3, 0.4) is 0 Å². The fourth-order valence-electron chi connectivity index (χ4n) is 4.49. The topological polar surface area (TPSA) is 58.9 Å². The van der Waals surface area contributed by atoms with E-state index < -0.39 is 0 Å². The lowest BCUT2D eigenvalue weighted by atomic mass is 9.68. The molecular weight excluding hydrogens is 344 g/mol. The summed E-state index contributed by atoms with van der Waals surface area (Å²) < 4.78 is 0. The van der Waals surface area contributed by atoms with Crippen LogP contribution in [-0.4, -0.2) is 4.98 Å². The molecule has 3 heteroatoms. The molecule has 2 aromatic carbocycles. The van der Waals surface area contributed by atoms with Crippen LogP contribution in [-0.2, 0) is 0 Å². The Bertz CT molecular complexity index is 999. The summed E-state index contributed by atoms with van der Waals surface area (Å²) in [4.78, 5) is 15.2. The molecule has 3 aromatic rings. The molecule has 3 nitrogen and oxygen atoms in total. The van der Waals surface area contributed by atoms with Crippen molar-refractivity contribution in [2.75, 3.05) is 5.73 Å². The number of H-pyrrole nitrogens is 1. The summed E-state index contributed by atoms with van der Waals surface area (Å²) in [5, 5.41) is 0. The van der Waals surface area contributed by atoms with E-state index in [0.717, 1.165) is 28.3 Å². The summed E-state index contributed by atoms with van der Waals surface area (Å²) in [5.41, 5.74) is 11.1. The molecule has 3 N–H and O–H groups in total. The lowest BCUT2D eigenvalue weighted by Gasteiger charge is -2.36. The first-order chi connectivity index (χ1) is 13.5. The molecule has 0 aliphatic heterocycles. The molecule has 28 heavy (non-hydrogen) atoms. The van der Waals surface area contributed by atoms with E-state index in [9.17, 15) is 4.79 Å². The Morgan fingerprint density at radius 2 is 1.64 bits per heavy atom. The Hall–Kier alpha value is -2.81. The number of rotatable bonds is 5. The van der Waals surface area contributed by atoms with E-state index >= 15 is 0 Å². The summed E-state index contributed by atoms with van der Waals surface area (Å²) in [5.74, 6) is 2.05. The maximum absolute atomic E-state index is 12.2. The van der Waals surface area contributed by atoms with Crippen molar-refractivity contribution in [2.24, 2.45) is 11.8 Å². The van der Waals surface area contributed by atoms with E-state index in [4.69, 9.17) is 5.73 Å². The zero-order valence-corrected chi connectivity index (χ0v) is 16.6. The zero-order chi connectivity index (χ0) is 19.7. The minimum absolute atomic E-state index is 0.240. The number of benzene rings is 2. The Morgan fingerprint density at radius 3 is 2.21 bits per heavy atom. The van der Waals surface area contributed by atoms with Crippen molar-refractivity contribution >= 4 is 5.69 Å². The summed E-state index contributed by atoms with van der Waals surface area (Å²) in [7, 11) is 0. The molecule has 1 saturated carbocycles. The minimum atomic E-state index is -0.242. The monoisotopic (exact) mass is 372 g/mol. The van der Waals surface area contributed by atoms with Gasteiger partial charge in [0.05, 0.1) is 11.4 Å². The van der Waals surface area contributed by atoms with Crippen molar-refractivity contribution in [3.05, 3.63) is 76.6 Å². The molecule has 1 atom stereocenters. The third-order valence-corrected chi connectivity index (χ3v) is 6.11. The lowest BCUT2D eigenvalue weighted by Crippen LogP contribution is -2.24. The van der Waals surface area contributed by atoms with Crippen LogP contribution in [0.1, 0.15) is 44.6 Å². The van der Waals surface area contributed by atoms with Gasteiger partial charge in [0.25, 0.3) is 5.56 Å². The highest BCUT2D eigenvalue weighted by atomic mass is 16.1. The van der Waals surface area contributed by atoms with Gasteiger partial charge < -0.3 is 10.7 Å². The number of nitrogens with two attached hydrogens (primary N) is 1. The second kappa shape index (κ2) is 7.67. The first-order valence-electron chi connectivity index (χ1n) is 10.2. The maximum Gasteiger partial charge on any atom is 0.271 e. The fourth-order valence-corrected chi connectivity index (χ4v) is 4.49. The van der Waals surface area contributed by atoms with E-state index in [-0.39, 0.29) is 11.2 Å². The van der Waals surface area contributed by atoms with Crippen molar-refractivity contribution in [3.8, 4) is 22.4 Å². The number of hydrogen-bond donors (Lipinski definition) is 2. The minimum Gasteiger partial charge on any atom is -0.394 e. The van der Waals surface area contributed by atoms with Gasteiger partial charge >= 0.3 is 0 Å². The number of aromatic nitrogens is 1. The van der Waals surface area contributed by atoms with Crippen molar-refractivity contribution in [1.29, 1.82) is 0 Å². The smallest absolute Gasteiger partial charge is 0.271 e. The molecule has 0 spiro atoms. The van der Waals surface area contributed by atoms with Crippen molar-refractivity contribution < 1.29 is 0 Å². The quantitative estimate of drug-likeness (QED) is 0.592. The standard InChI is InChI=1S/C25H28N2O/c1-16(2)23(18-9-6-10-18)19-11-13-20(14-12-19)24-21(15-22(26)25(28)27-24)17-7-4-3-5-8-17/h3-5,7-8,11-16,18,23H,6,9-10,26H2,1-2H3,(H,27,28). The van der Waals surface area contributed by atoms with Gasteiger partial charge in [-0.1, -0.05) is 74.9 Å². The number of nitrogen functional groups attached to an aromatic ring is 1. The summed E-state index contributed by atoms with van der Waals surface area (Å²) in [6.07, 6.45) is 4.04. The Morgan fingerprint density at radius 1 is 0.964 bits per heavy atom. The predicted octanol–water partition coefficient (Wildman–Crippen LogP) is 5.83. The van der Waals surface area contributed by atoms with Crippen LogP contribution in [0.5, 0.6) is 0 Å². The molecule has 1 heterocycles. The zero-order valence-electron chi connectivity index (χ0n) is 16.6. The summed E-state index contributed by atoms with van der Waals surface area (Å²) in [6.45, 7) is 4.64. The van der Waals surface area contributed by atoms with Crippen molar-refractivity contribution in [1.82, 2.24) is 4.98 Å². The first-order valence-corrected chi connectivity index (χ1v) is 10.2. The highest BCUT2D eigenvalue weighted by Gasteiger charge is 2.30. The molecule has 1 aliphatic rings. The Kier molecular flexibility index (Phi) is 5.08. The van der Waals surface area contributed by atoms with Gasteiger partial charge in [-0.05, 0) is 53.4 Å². The maximum atomic E-state index is 12.2. The number of aromatic amines is 1. The molecule has 1 aromatic heterocycles. The molecule has 1 aliphatic carbocycles. The number of anilines is 1. The van der Waals surface area contributed by atoms with Crippen LogP contribution in [0.4, 0.5) is 5.69 Å². The Labute approximate surface area is 166 Å². The van der Waals surface area contributed by atoms with Crippen molar-refractivity contribution in [2.45, 2.75) is 39.0 Å². The normalized spacial score (nSPS) is 15.4. The molecule has 0 saturated heterocycles. The molecule has 0 radical (unpaired) electrons. The molecule has 1 unspecified atom stereocenters. The predicted molar refractivity (Wildman–Crippen MR) is 117 cm³/mol. The van der Waals surface area contributed by atoms with Gasteiger partial charge in [-0.2, -0.15) is 0 Å². The number of pyridine rings is 1. The van der Waals surface area contributed by atoms with Crippen LogP contribution in [0.25, 0.3) is 22.4 Å². The van der Waals surface area contributed by atoms with Gasteiger partial charge in [-0.15, -0.1) is 0 Å². The number of hydrogen-bond acceptors (Lipinski definition) is 2. The van der Waals surface area contributed by atoms with Gasteiger partial charge in [-0.25, -0.2) is 0 Å². The first kappa shape index (κ1) is 18.5. The highest BCUT2D eigenvalue weighted by molar-refractivity contribution is 5.82. The Balaban J connectivity index is 1.75. The molecule has 144 valence electrons. The van der Waals surface area contributed by atoms with Crippen LogP contribution in [0.15, 0.2) is 65.5 Å². The average molecular weight is 373 g/mol. The van der Waals surface area contributed by atoms with Crippen LogP contribution in [0, 0.1) is 11.8 Å². The van der Waals surface area contributed by atoms with E-state index in [1.807, 2.05) is 30.3 Å². The van der Waals surface area contributed by atoms with E-state index in [2.05, 4.69) is 43.1 Å². The van der Waals surface area contributed by atoms with E-state index in [1.54, 1.807) is 6.07 Å². The molecular formula is C25H28N2O. The van der Waals surface area contributed by atoms with Gasteiger partial charge in [0.1, 0.15) is 0 Å². The lowest BCUT2D eigenvalue weighted by molar-refractivity contribution is 0.221. The average Bonchev–Trinajstić information content (AvgIpc) is 2.67. The molecule has 0 amide bonds. The SMILES string of the molecule is CC(C)C(c1ccc(-c2[nH]c(=O)c(N)cc2-c2ccccc2)cc1)C1CCC1. The van der Waals surface area contributed by atoms with Crippen molar-refractivity contribution in [3.63, 3.8) is 0 Å². The third kappa shape index (κ3) is 3.49. The van der Waals surface area contributed by atoms with Gasteiger partial charge in [-0.3, -0.25) is 4.79 Å². The van der Waals surface area contributed by atoms with E-state index in [1.165, 1.54) is 24.8 Å². The molecule has 1 fully saturated rings. The molecule has 0 bridgehead atoms. The summed E-state index contributed by atoms with van der Waals surface area (Å²) in [6, 6.07) is 20.6.